The summed E-state index contributed by atoms with van der Waals surface area (Å²) in [5, 5.41) is 3.40. The number of nitrogens with zero attached hydrogens (tertiary/aromatic N) is 1. The van der Waals surface area contributed by atoms with E-state index in [1.54, 1.807) is 6.92 Å². The fourth-order valence-corrected chi connectivity index (χ4v) is 4.63. The summed E-state index contributed by atoms with van der Waals surface area (Å²) in [6, 6.07) is 9.75. The number of sulfonamides is 1. The lowest BCUT2D eigenvalue weighted by molar-refractivity contribution is -0.122. The number of nitrogens with one attached hydrogen (secondary N) is 1. The van der Waals surface area contributed by atoms with Crippen LogP contribution in [0, 0.1) is 0 Å². The quantitative estimate of drug-likeness (QED) is 0.631. The summed E-state index contributed by atoms with van der Waals surface area (Å²) in [6.45, 7) is 6.01. The molecule has 1 amide bonds. The van der Waals surface area contributed by atoms with Crippen LogP contribution in [0.1, 0.15) is 37.5 Å². The molecule has 0 aliphatic carbocycles. The first-order chi connectivity index (χ1) is 13.6. The molecular formula is C21H26Cl2N2O3S. The summed E-state index contributed by atoms with van der Waals surface area (Å²) in [7, 11) is -3.73. The zero-order chi connectivity index (χ0) is 21.8. The second-order valence-electron chi connectivity index (χ2n) is 6.86. The Hall–Kier alpha value is -1.76. The number of carbonyl (C=O) groups is 1. The van der Waals surface area contributed by atoms with Crippen molar-refractivity contribution in [2.24, 2.45) is 0 Å². The highest BCUT2D eigenvalue weighted by atomic mass is 35.5. The van der Waals surface area contributed by atoms with Crippen LogP contribution < -0.4 is 9.62 Å². The number of halogens is 2. The second-order valence-corrected chi connectivity index (χ2v) is 9.54. The molecule has 8 heteroatoms. The molecular weight excluding hydrogens is 431 g/mol. The van der Waals surface area contributed by atoms with Gasteiger partial charge in [-0.25, -0.2) is 8.42 Å². The van der Waals surface area contributed by atoms with Gasteiger partial charge in [-0.05, 0) is 54.7 Å². The van der Waals surface area contributed by atoms with Crippen LogP contribution in [0.25, 0.3) is 0 Å². The monoisotopic (exact) mass is 456 g/mol. The molecule has 2 aromatic rings. The van der Waals surface area contributed by atoms with Crippen LogP contribution in [0.3, 0.4) is 0 Å². The van der Waals surface area contributed by atoms with Crippen molar-refractivity contribution in [2.45, 2.75) is 46.2 Å². The lowest BCUT2D eigenvalue weighted by Crippen LogP contribution is -2.47. The Bertz CT molecular complexity index is 993. The minimum absolute atomic E-state index is 0.217. The third kappa shape index (κ3) is 5.87. The molecule has 0 radical (unpaired) electrons. The maximum Gasteiger partial charge on any atom is 0.243 e. The molecule has 2 aromatic carbocycles. The Morgan fingerprint density at radius 2 is 1.72 bits per heavy atom. The van der Waals surface area contributed by atoms with Gasteiger partial charge in [-0.3, -0.25) is 9.10 Å². The Balaban J connectivity index is 2.25. The zero-order valence-electron chi connectivity index (χ0n) is 17.0. The fourth-order valence-electron chi connectivity index (χ4n) is 3.17. The van der Waals surface area contributed by atoms with E-state index in [1.165, 1.54) is 23.8 Å². The zero-order valence-corrected chi connectivity index (χ0v) is 19.3. The Morgan fingerprint density at radius 3 is 2.28 bits per heavy atom. The first-order valence-corrected chi connectivity index (χ1v) is 12.0. The van der Waals surface area contributed by atoms with Crippen LogP contribution in [0.2, 0.25) is 10.0 Å². The van der Waals surface area contributed by atoms with E-state index in [-0.39, 0.29) is 10.7 Å². The molecule has 0 spiro atoms. The molecule has 0 heterocycles. The van der Waals surface area contributed by atoms with E-state index in [0.29, 0.717) is 11.6 Å². The van der Waals surface area contributed by atoms with Crippen molar-refractivity contribution in [1.29, 1.82) is 0 Å². The molecule has 0 aliphatic heterocycles. The molecule has 0 fully saturated rings. The Kier molecular flexibility index (Phi) is 7.97. The van der Waals surface area contributed by atoms with Crippen molar-refractivity contribution in [3.8, 4) is 0 Å². The molecule has 0 aliphatic rings. The lowest BCUT2D eigenvalue weighted by atomic mass is 10.0. The first kappa shape index (κ1) is 23.5. The SMILES string of the molecule is CCc1ccc(CC)c(CNC(=O)[C@H](C)N(c2ccc(Cl)c(Cl)c2)S(C)(=O)=O)c1. The smallest absolute Gasteiger partial charge is 0.243 e. The summed E-state index contributed by atoms with van der Waals surface area (Å²) < 4.78 is 25.9. The van der Waals surface area contributed by atoms with Crippen LogP contribution >= 0.6 is 23.2 Å². The average Bonchev–Trinajstić information content (AvgIpc) is 2.67. The number of amides is 1. The number of hydrogen-bond donors (Lipinski definition) is 1. The van der Waals surface area contributed by atoms with Crippen molar-refractivity contribution in [2.75, 3.05) is 10.6 Å². The third-order valence-corrected chi connectivity index (χ3v) is 6.74. The molecule has 5 nitrogen and oxygen atoms in total. The van der Waals surface area contributed by atoms with Gasteiger partial charge in [-0.15, -0.1) is 0 Å². The van der Waals surface area contributed by atoms with Gasteiger partial charge in [0.05, 0.1) is 22.0 Å². The van der Waals surface area contributed by atoms with E-state index in [4.69, 9.17) is 23.2 Å². The largest absolute Gasteiger partial charge is 0.350 e. The Labute approximate surface area is 183 Å². The van der Waals surface area contributed by atoms with Crippen molar-refractivity contribution in [3.05, 3.63) is 63.1 Å². The molecule has 1 atom stereocenters. The molecule has 0 unspecified atom stereocenters. The van der Waals surface area contributed by atoms with Gasteiger partial charge in [-0.1, -0.05) is 55.2 Å². The summed E-state index contributed by atoms with van der Waals surface area (Å²) in [5.41, 5.74) is 3.66. The van der Waals surface area contributed by atoms with Gasteiger partial charge in [-0.2, -0.15) is 0 Å². The molecule has 0 saturated heterocycles. The maximum absolute atomic E-state index is 12.8. The molecule has 2 rings (SSSR count). The van der Waals surface area contributed by atoms with Gasteiger partial charge in [0.1, 0.15) is 6.04 Å². The van der Waals surface area contributed by atoms with E-state index >= 15 is 0 Å². The predicted octanol–water partition coefficient (Wildman–Crippen LogP) is 4.59. The van der Waals surface area contributed by atoms with Crippen LogP contribution in [0.15, 0.2) is 36.4 Å². The number of hydrogen-bond acceptors (Lipinski definition) is 3. The van der Waals surface area contributed by atoms with Crippen molar-refractivity contribution in [3.63, 3.8) is 0 Å². The summed E-state index contributed by atoms with van der Waals surface area (Å²) in [4.78, 5) is 12.8. The second kappa shape index (κ2) is 9.83. The standard InChI is InChI=1S/C21H26Cl2N2O3S/c1-5-15-7-8-16(6-2)17(11-15)13-24-21(26)14(3)25(29(4,27)28)18-9-10-19(22)20(23)12-18/h7-12,14H,5-6,13H2,1-4H3,(H,24,26)/t14-/m0/s1. The van der Waals surface area contributed by atoms with Crippen LogP contribution in [-0.4, -0.2) is 26.6 Å². The molecule has 0 saturated carbocycles. The van der Waals surface area contributed by atoms with E-state index < -0.39 is 22.0 Å². The van der Waals surface area contributed by atoms with Crippen molar-refractivity contribution >= 4 is 44.8 Å². The van der Waals surface area contributed by atoms with Gasteiger partial charge < -0.3 is 5.32 Å². The normalized spacial score (nSPS) is 12.5. The fraction of sp³-hybridized carbons (Fsp3) is 0.381. The van der Waals surface area contributed by atoms with Gasteiger partial charge in [0.15, 0.2) is 0 Å². The highest BCUT2D eigenvalue weighted by molar-refractivity contribution is 7.92. The third-order valence-electron chi connectivity index (χ3n) is 4.76. The van der Waals surface area contributed by atoms with Gasteiger partial charge in [0.25, 0.3) is 0 Å². The average molecular weight is 457 g/mol. The predicted molar refractivity (Wildman–Crippen MR) is 120 cm³/mol. The lowest BCUT2D eigenvalue weighted by Gasteiger charge is -2.28. The number of rotatable bonds is 8. The summed E-state index contributed by atoms with van der Waals surface area (Å²) in [6.07, 6.45) is 2.81. The number of aryl methyl sites for hydroxylation is 2. The molecule has 0 aromatic heterocycles. The van der Waals surface area contributed by atoms with Crippen molar-refractivity contribution in [1.82, 2.24) is 5.32 Å². The number of anilines is 1. The molecule has 0 bridgehead atoms. The minimum Gasteiger partial charge on any atom is -0.350 e. The van der Waals surface area contributed by atoms with Crippen LogP contribution in [0.5, 0.6) is 0 Å². The number of carbonyl (C=O) groups excluding carboxylic acids is 1. The van der Waals surface area contributed by atoms with Gasteiger partial charge >= 0.3 is 0 Å². The topological polar surface area (TPSA) is 66.5 Å². The summed E-state index contributed by atoms with van der Waals surface area (Å²) >= 11 is 12.0. The van der Waals surface area contributed by atoms with Gasteiger partial charge in [0, 0.05) is 6.54 Å². The van der Waals surface area contributed by atoms with Crippen molar-refractivity contribution < 1.29 is 13.2 Å². The minimum atomic E-state index is -3.73. The van der Waals surface area contributed by atoms with Crippen LogP contribution in [-0.2, 0) is 34.2 Å². The van der Waals surface area contributed by atoms with E-state index in [2.05, 4.69) is 37.4 Å². The first-order valence-electron chi connectivity index (χ1n) is 9.41. The van der Waals surface area contributed by atoms with Crippen LogP contribution in [0.4, 0.5) is 5.69 Å². The maximum atomic E-state index is 12.8. The van der Waals surface area contributed by atoms with Gasteiger partial charge in [0.2, 0.25) is 15.9 Å². The van der Waals surface area contributed by atoms with E-state index in [0.717, 1.165) is 34.5 Å². The highest BCUT2D eigenvalue weighted by Crippen LogP contribution is 2.29. The molecule has 158 valence electrons. The van der Waals surface area contributed by atoms with E-state index in [9.17, 15) is 13.2 Å². The Morgan fingerprint density at radius 1 is 1.03 bits per heavy atom. The highest BCUT2D eigenvalue weighted by Gasteiger charge is 2.29. The summed E-state index contributed by atoms with van der Waals surface area (Å²) in [5.74, 6) is -0.398. The van der Waals surface area contributed by atoms with E-state index in [1.807, 2.05) is 0 Å². The number of benzene rings is 2. The molecule has 29 heavy (non-hydrogen) atoms. The molecule has 1 N–H and O–H groups in total.